The number of aryl methyl sites for hydroxylation is 1. The molecule has 6 rings (SSSR count). The smallest absolute Gasteiger partial charge is 0.281 e. The van der Waals surface area contributed by atoms with Crippen LogP contribution in [0, 0.1) is 5.92 Å². The maximum Gasteiger partial charge on any atom is 0.281 e. The van der Waals surface area contributed by atoms with Gasteiger partial charge in [-0.05, 0) is 94.2 Å². The van der Waals surface area contributed by atoms with Crippen LogP contribution in [-0.2, 0) is 21.9 Å². The zero-order chi connectivity index (χ0) is 29.0. The van der Waals surface area contributed by atoms with E-state index in [1.54, 1.807) is 18.3 Å². The Morgan fingerprint density at radius 1 is 1.02 bits per heavy atom. The number of fused-ring (bicyclic) bond motifs is 7. The lowest BCUT2D eigenvalue weighted by atomic mass is 9.75. The molecule has 2 aliphatic heterocycles. The Hall–Kier alpha value is -3.53. The second kappa shape index (κ2) is 10.1. The Kier molecular flexibility index (Phi) is 6.79. The summed E-state index contributed by atoms with van der Waals surface area (Å²) in [7, 11) is -4.25. The molecule has 1 amide bonds. The van der Waals surface area contributed by atoms with Gasteiger partial charge in [-0.2, -0.15) is 8.42 Å². The second-order valence-electron chi connectivity index (χ2n) is 12.9. The number of rotatable bonds is 1. The van der Waals surface area contributed by atoms with Gasteiger partial charge in [-0.25, -0.2) is 14.7 Å². The molecule has 41 heavy (non-hydrogen) atoms. The molecule has 3 aliphatic rings. The summed E-state index contributed by atoms with van der Waals surface area (Å²) in [4.78, 5) is 30.2. The van der Waals surface area contributed by atoms with Gasteiger partial charge < -0.3 is 10.2 Å². The van der Waals surface area contributed by atoms with Gasteiger partial charge in [-0.1, -0.05) is 26.0 Å². The van der Waals surface area contributed by atoms with Gasteiger partial charge in [-0.3, -0.25) is 9.78 Å². The van der Waals surface area contributed by atoms with E-state index < -0.39 is 15.9 Å². The van der Waals surface area contributed by atoms with Crippen LogP contribution in [0.3, 0.4) is 0 Å². The number of carbonyl (C=O) groups excluding carboxylic acids is 1. The summed E-state index contributed by atoms with van der Waals surface area (Å²) in [5.74, 6) is 0.653. The normalized spacial score (nSPS) is 24.6. The molecule has 5 heterocycles. The molecule has 0 spiro atoms. The van der Waals surface area contributed by atoms with Crippen LogP contribution in [0.15, 0.2) is 53.7 Å². The predicted octanol–water partition coefficient (Wildman–Crippen LogP) is 5.16. The van der Waals surface area contributed by atoms with Crippen molar-refractivity contribution in [3.05, 3.63) is 71.2 Å². The summed E-state index contributed by atoms with van der Waals surface area (Å²) >= 11 is 0. The second-order valence-corrected chi connectivity index (χ2v) is 14.6. The van der Waals surface area contributed by atoms with E-state index in [2.05, 4.69) is 52.6 Å². The number of sulfonamides is 1. The maximum absolute atomic E-state index is 13.8. The van der Waals surface area contributed by atoms with Crippen LogP contribution in [0.1, 0.15) is 93.2 Å². The molecule has 0 saturated carbocycles. The average molecular weight is 575 g/mol. The molecule has 3 aromatic heterocycles. The van der Waals surface area contributed by atoms with Crippen LogP contribution in [0.2, 0.25) is 0 Å². The Labute approximate surface area is 242 Å². The van der Waals surface area contributed by atoms with Gasteiger partial charge >= 0.3 is 0 Å². The summed E-state index contributed by atoms with van der Waals surface area (Å²) in [5.41, 5.74) is 2.79. The maximum atomic E-state index is 13.8. The van der Waals surface area contributed by atoms with Gasteiger partial charge in [0.05, 0.1) is 23.0 Å². The molecule has 1 saturated heterocycles. The standard InChI is InChI=1S/C31H38N6O3S/c1-30(2)15-8-9-21-17-22-28(35-27(21)30)37-19-20(18-31(37,3)4)13-14-24(23-10-5-6-16-32-23)33-25-11-7-12-26(34-25)41(39,40)36-29(22)38/h5-7,10-12,16-17,20,24H,8-9,13-15,18-19H2,1-4H3,(H,33,34)(H,36,38)/t20-,24?/m0/s1. The van der Waals surface area contributed by atoms with Gasteiger partial charge in [-0.15, -0.1) is 0 Å². The molecule has 0 radical (unpaired) electrons. The minimum atomic E-state index is -4.25. The Morgan fingerprint density at radius 2 is 1.85 bits per heavy atom. The van der Waals surface area contributed by atoms with Gasteiger partial charge in [0.2, 0.25) is 0 Å². The van der Waals surface area contributed by atoms with Crippen molar-refractivity contribution < 1.29 is 13.2 Å². The molecule has 2 atom stereocenters. The van der Waals surface area contributed by atoms with Crippen molar-refractivity contribution in [3.63, 3.8) is 0 Å². The van der Waals surface area contributed by atoms with Crippen LogP contribution in [0.5, 0.6) is 0 Å². The number of nitrogens with zero attached hydrogens (tertiary/aromatic N) is 4. The topological polar surface area (TPSA) is 117 Å². The fraction of sp³-hybridized carbons (Fsp3) is 0.484. The largest absolute Gasteiger partial charge is 0.362 e. The summed E-state index contributed by atoms with van der Waals surface area (Å²) < 4.78 is 29.3. The first kappa shape index (κ1) is 27.6. The quantitative estimate of drug-likeness (QED) is 0.410. The first-order chi connectivity index (χ1) is 19.4. The molecule has 10 heteroatoms. The number of carbonyl (C=O) groups is 1. The number of pyridine rings is 3. The third-order valence-corrected chi connectivity index (χ3v) is 10.1. The molecule has 1 fully saturated rings. The van der Waals surface area contributed by atoms with Crippen molar-refractivity contribution in [1.82, 2.24) is 19.7 Å². The molecule has 4 bridgehead atoms. The van der Waals surface area contributed by atoms with Crippen molar-refractivity contribution in [3.8, 4) is 0 Å². The molecule has 2 N–H and O–H groups in total. The SMILES string of the molecule is CC1(C)CCCc2cc3c(nc21)N1C[C@@H](CCC(c2ccccn2)Nc2cccc(n2)S(=O)(=O)NC3=O)CC1(C)C. The molecular formula is C31H38N6O3S. The van der Waals surface area contributed by atoms with Crippen molar-refractivity contribution in [2.24, 2.45) is 5.92 Å². The first-order valence-electron chi connectivity index (χ1n) is 14.5. The van der Waals surface area contributed by atoms with Gasteiger partial charge in [0, 0.05) is 23.7 Å². The van der Waals surface area contributed by atoms with Crippen LogP contribution in [-0.4, -0.2) is 41.4 Å². The molecule has 1 unspecified atom stereocenters. The Morgan fingerprint density at radius 3 is 2.63 bits per heavy atom. The van der Waals surface area contributed by atoms with E-state index in [-0.39, 0.29) is 22.0 Å². The fourth-order valence-corrected chi connectivity index (χ4v) is 7.75. The molecule has 216 valence electrons. The van der Waals surface area contributed by atoms with E-state index in [4.69, 9.17) is 4.98 Å². The van der Waals surface area contributed by atoms with Gasteiger partial charge in [0.15, 0.2) is 5.03 Å². The monoisotopic (exact) mass is 574 g/mol. The minimum absolute atomic E-state index is 0.128. The van der Waals surface area contributed by atoms with E-state index in [0.717, 1.165) is 62.0 Å². The number of aromatic nitrogens is 3. The lowest BCUT2D eigenvalue weighted by Gasteiger charge is -2.37. The first-order valence-corrected chi connectivity index (χ1v) is 15.9. The third-order valence-electron chi connectivity index (χ3n) is 8.89. The number of nitrogens with one attached hydrogen (secondary N) is 2. The highest BCUT2D eigenvalue weighted by Crippen LogP contribution is 2.43. The minimum Gasteiger partial charge on any atom is -0.362 e. The number of anilines is 2. The third kappa shape index (κ3) is 5.29. The Bertz CT molecular complexity index is 1590. The van der Waals surface area contributed by atoms with E-state index in [1.807, 2.05) is 24.3 Å². The lowest BCUT2D eigenvalue weighted by Crippen LogP contribution is -2.42. The zero-order valence-electron chi connectivity index (χ0n) is 24.1. The molecule has 3 aromatic rings. The molecular weight excluding hydrogens is 536 g/mol. The average Bonchev–Trinajstić information content (AvgIpc) is 3.24. The molecule has 1 aliphatic carbocycles. The van der Waals surface area contributed by atoms with Crippen molar-refractivity contribution >= 4 is 27.6 Å². The Balaban J connectivity index is 1.49. The summed E-state index contributed by atoms with van der Waals surface area (Å²) in [6.45, 7) is 9.49. The summed E-state index contributed by atoms with van der Waals surface area (Å²) in [6, 6.07) is 12.3. The highest BCUT2D eigenvalue weighted by Gasteiger charge is 2.42. The van der Waals surface area contributed by atoms with Gasteiger partial charge in [0.25, 0.3) is 15.9 Å². The lowest BCUT2D eigenvalue weighted by molar-refractivity contribution is 0.0981. The van der Waals surface area contributed by atoms with Crippen molar-refractivity contribution in [2.75, 3.05) is 16.8 Å². The number of amides is 1. The molecule has 0 aromatic carbocycles. The van der Waals surface area contributed by atoms with Crippen LogP contribution >= 0.6 is 0 Å². The summed E-state index contributed by atoms with van der Waals surface area (Å²) in [6.07, 6.45) is 7.23. The predicted molar refractivity (Wildman–Crippen MR) is 158 cm³/mol. The summed E-state index contributed by atoms with van der Waals surface area (Å²) in [5, 5.41) is 3.20. The number of hydrogen-bond acceptors (Lipinski definition) is 8. The highest BCUT2D eigenvalue weighted by molar-refractivity contribution is 7.90. The van der Waals surface area contributed by atoms with Crippen LogP contribution in [0.25, 0.3) is 0 Å². The highest BCUT2D eigenvalue weighted by atomic mass is 32.2. The van der Waals surface area contributed by atoms with E-state index >= 15 is 0 Å². The number of hydrogen-bond donors (Lipinski definition) is 2. The van der Waals surface area contributed by atoms with E-state index in [1.165, 1.54) is 6.07 Å². The van der Waals surface area contributed by atoms with Crippen molar-refractivity contribution in [1.29, 1.82) is 0 Å². The van der Waals surface area contributed by atoms with E-state index in [0.29, 0.717) is 23.1 Å². The zero-order valence-corrected chi connectivity index (χ0v) is 25.0. The van der Waals surface area contributed by atoms with E-state index in [9.17, 15) is 13.2 Å². The fourth-order valence-electron chi connectivity index (χ4n) is 6.82. The van der Waals surface area contributed by atoms with Crippen molar-refractivity contribution in [2.45, 2.75) is 88.2 Å². The van der Waals surface area contributed by atoms with Gasteiger partial charge in [0.1, 0.15) is 11.6 Å². The van der Waals surface area contributed by atoms with Crippen LogP contribution < -0.4 is 14.9 Å². The molecule has 9 nitrogen and oxygen atoms in total. The van der Waals surface area contributed by atoms with Crippen LogP contribution in [0.4, 0.5) is 11.6 Å².